The molecule has 3 aromatic rings. The fraction of sp³-hybridized carbons (Fsp3) is 0.211. The molecule has 30 heavy (non-hydrogen) atoms. The number of nitrogens with one attached hydrogen (secondary N) is 1. The highest BCUT2D eigenvalue weighted by Crippen LogP contribution is 2.26. The van der Waals surface area contributed by atoms with Gasteiger partial charge in [-0.15, -0.1) is 10.2 Å². The first-order valence-electron chi connectivity index (χ1n) is 8.86. The van der Waals surface area contributed by atoms with Gasteiger partial charge in [0.1, 0.15) is 5.75 Å². The second-order valence-corrected chi connectivity index (χ2v) is 10.4. The summed E-state index contributed by atoms with van der Waals surface area (Å²) in [5, 5.41) is 11.1. The fourth-order valence-corrected chi connectivity index (χ4v) is 5.32. The highest BCUT2D eigenvalue weighted by molar-refractivity contribution is 8.01. The number of sulfonamides is 1. The van der Waals surface area contributed by atoms with E-state index < -0.39 is 10.0 Å². The molecule has 0 aliphatic carbocycles. The number of ether oxygens (including phenoxy) is 1. The average Bonchev–Trinajstić information content (AvgIpc) is 3.20. The summed E-state index contributed by atoms with van der Waals surface area (Å²) in [6.07, 6.45) is 0. The third kappa shape index (κ3) is 4.91. The molecule has 0 atom stereocenters. The van der Waals surface area contributed by atoms with E-state index >= 15 is 0 Å². The maximum Gasteiger partial charge on any atom is 0.264 e. The first-order chi connectivity index (χ1) is 14.3. The standard InChI is InChI=1S/C19H20N4O4S3/c1-4-28-19-22-21-18(29-19)20-17(24)13-5-7-14(8-6-13)23(2)30(25,26)16-11-9-15(27-3)10-12-16/h5-12H,4H2,1-3H3,(H,20,21,24). The first-order valence-corrected chi connectivity index (χ1v) is 12.1. The summed E-state index contributed by atoms with van der Waals surface area (Å²) in [7, 11) is -0.767. The number of amides is 1. The molecule has 158 valence electrons. The molecule has 2 aromatic carbocycles. The third-order valence-corrected chi connectivity index (χ3v) is 7.76. The van der Waals surface area contributed by atoms with Crippen LogP contribution >= 0.6 is 23.1 Å². The number of benzene rings is 2. The summed E-state index contributed by atoms with van der Waals surface area (Å²) < 4.78 is 32.7. The summed E-state index contributed by atoms with van der Waals surface area (Å²) in [5.41, 5.74) is 0.814. The lowest BCUT2D eigenvalue weighted by Crippen LogP contribution is -2.26. The summed E-state index contributed by atoms with van der Waals surface area (Å²) in [6, 6.07) is 12.4. The van der Waals surface area contributed by atoms with Crippen LogP contribution in [0.3, 0.4) is 0 Å². The smallest absolute Gasteiger partial charge is 0.264 e. The molecule has 1 N–H and O–H groups in total. The number of carbonyl (C=O) groups is 1. The molecule has 0 bridgehead atoms. The topological polar surface area (TPSA) is 101 Å². The van der Waals surface area contributed by atoms with E-state index in [2.05, 4.69) is 15.5 Å². The Morgan fingerprint density at radius 1 is 1.13 bits per heavy atom. The number of nitrogens with zero attached hydrogens (tertiary/aromatic N) is 3. The van der Waals surface area contributed by atoms with Crippen molar-refractivity contribution in [3.05, 3.63) is 54.1 Å². The molecule has 0 fully saturated rings. The Hall–Kier alpha value is -2.63. The fourth-order valence-electron chi connectivity index (χ4n) is 2.48. The minimum absolute atomic E-state index is 0.143. The van der Waals surface area contributed by atoms with Gasteiger partial charge in [-0.25, -0.2) is 8.42 Å². The Labute approximate surface area is 183 Å². The van der Waals surface area contributed by atoms with Crippen LogP contribution in [-0.4, -0.2) is 44.4 Å². The van der Waals surface area contributed by atoms with Gasteiger partial charge in [0, 0.05) is 12.6 Å². The zero-order chi connectivity index (χ0) is 21.7. The molecule has 0 aliphatic heterocycles. The number of carbonyl (C=O) groups excluding carboxylic acids is 1. The van der Waals surface area contributed by atoms with Crippen LogP contribution in [0.4, 0.5) is 10.8 Å². The zero-order valence-corrected chi connectivity index (χ0v) is 19.0. The van der Waals surface area contributed by atoms with Gasteiger partial charge >= 0.3 is 0 Å². The Morgan fingerprint density at radius 2 is 1.80 bits per heavy atom. The molecule has 0 spiro atoms. The molecule has 3 rings (SSSR count). The van der Waals surface area contributed by atoms with Gasteiger partial charge in [0.05, 0.1) is 17.7 Å². The highest BCUT2D eigenvalue weighted by atomic mass is 32.2. The molecule has 0 radical (unpaired) electrons. The number of rotatable bonds is 8. The van der Waals surface area contributed by atoms with Crippen molar-refractivity contribution in [1.82, 2.24) is 10.2 Å². The molecular weight excluding hydrogens is 444 g/mol. The minimum Gasteiger partial charge on any atom is -0.497 e. The number of anilines is 2. The third-order valence-electron chi connectivity index (χ3n) is 4.11. The second-order valence-electron chi connectivity index (χ2n) is 5.96. The number of thioether (sulfide) groups is 1. The van der Waals surface area contributed by atoms with Crippen LogP contribution in [0, 0.1) is 0 Å². The molecule has 1 amide bonds. The van der Waals surface area contributed by atoms with E-state index in [4.69, 9.17) is 4.74 Å². The minimum atomic E-state index is -3.74. The maximum atomic E-state index is 12.8. The van der Waals surface area contributed by atoms with Crippen LogP contribution < -0.4 is 14.4 Å². The van der Waals surface area contributed by atoms with Gasteiger partial charge in [-0.2, -0.15) is 0 Å². The molecular formula is C19H20N4O4S3. The maximum absolute atomic E-state index is 12.8. The number of aromatic nitrogens is 2. The van der Waals surface area contributed by atoms with Gasteiger partial charge in [0.15, 0.2) is 4.34 Å². The summed E-state index contributed by atoms with van der Waals surface area (Å²) in [5.74, 6) is 1.10. The van der Waals surface area contributed by atoms with Crippen LogP contribution in [0.1, 0.15) is 17.3 Å². The Kier molecular flexibility index (Phi) is 6.95. The average molecular weight is 465 g/mol. The molecule has 0 saturated carbocycles. The van der Waals surface area contributed by atoms with E-state index in [1.165, 1.54) is 37.6 Å². The highest BCUT2D eigenvalue weighted by Gasteiger charge is 2.21. The summed E-state index contributed by atoms with van der Waals surface area (Å²) in [6.45, 7) is 2.01. The summed E-state index contributed by atoms with van der Waals surface area (Å²) >= 11 is 2.86. The van der Waals surface area contributed by atoms with Gasteiger partial charge in [0.25, 0.3) is 15.9 Å². The van der Waals surface area contributed by atoms with Gasteiger partial charge < -0.3 is 4.74 Å². The van der Waals surface area contributed by atoms with Gasteiger partial charge in [0.2, 0.25) is 5.13 Å². The van der Waals surface area contributed by atoms with Crippen molar-refractivity contribution >= 4 is 49.8 Å². The van der Waals surface area contributed by atoms with Crippen molar-refractivity contribution in [3.8, 4) is 5.75 Å². The van der Waals surface area contributed by atoms with Crippen molar-refractivity contribution < 1.29 is 17.9 Å². The normalized spacial score (nSPS) is 11.2. The van der Waals surface area contributed by atoms with E-state index in [1.54, 1.807) is 48.2 Å². The lowest BCUT2D eigenvalue weighted by molar-refractivity contribution is 0.102. The van der Waals surface area contributed by atoms with Crippen molar-refractivity contribution in [2.75, 3.05) is 29.5 Å². The Balaban J connectivity index is 1.72. The van der Waals surface area contributed by atoms with Crippen LogP contribution in [0.15, 0.2) is 57.8 Å². The van der Waals surface area contributed by atoms with Gasteiger partial charge in [-0.3, -0.25) is 14.4 Å². The van der Waals surface area contributed by atoms with Crippen molar-refractivity contribution in [3.63, 3.8) is 0 Å². The number of hydrogen-bond acceptors (Lipinski definition) is 8. The van der Waals surface area contributed by atoms with E-state index in [9.17, 15) is 13.2 Å². The number of hydrogen-bond donors (Lipinski definition) is 1. The largest absolute Gasteiger partial charge is 0.497 e. The molecule has 11 heteroatoms. The van der Waals surface area contributed by atoms with Crippen molar-refractivity contribution in [1.29, 1.82) is 0 Å². The van der Waals surface area contributed by atoms with Crippen LogP contribution in [0.25, 0.3) is 0 Å². The lowest BCUT2D eigenvalue weighted by Gasteiger charge is -2.20. The molecule has 0 unspecified atom stereocenters. The zero-order valence-electron chi connectivity index (χ0n) is 16.5. The van der Waals surface area contributed by atoms with Crippen molar-refractivity contribution in [2.24, 2.45) is 0 Å². The van der Waals surface area contributed by atoms with Crippen LogP contribution in [0.2, 0.25) is 0 Å². The van der Waals surface area contributed by atoms with E-state index in [0.717, 1.165) is 14.4 Å². The SMILES string of the molecule is CCSc1nnc(NC(=O)c2ccc(N(C)S(=O)(=O)c3ccc(OC)cc3)cc2)s1. The lowest BCUT2D eigenvalue weighted by atomic mass is 10.2. The monoisotopic (exact) mass is 464 g/mol. The van der Waals surface area contributed by atoms with Gasteiger partial charge in [-0.1, -0.05) is 30.0 Å². The van der Waals surface area contributed by atoms with E-state index in [1.807, 2.05) is 6.92 Å². The summed E-state index contributed by atoms with van der Waals surface area (Å²) in [4.78, 5) is 12.6. The molecule has 8 nitrogen and oxygen atoms in total. The molecule has 1 heterocycles. The second kappa shape index (κ2) is 9.45. The predicted octanol–water partition coefficient (Wildman–Crippen LogP) is 3.74. The van der Waals surface area contributed by atoms with Crippen LogP contribution in [-0.2, 0) is 10.0 Å². The van der Waals surface area contributed by atoms with Gasteiger partial charge in [-0.05, 0) is 54.3 Å². The molecule has 0 aliphatic rings. The quantitative estimate of drug-likeness (QED) is 0.400. The van der Waals surface area contributed by atoms with Crippen molar-refractivity contribution in [2.45, 2.75) is 16.2 Å². The van der Waals surface area contributed by atoms with E-state index in [-0.39, 0.29) is 10.8 Å². The Morgan fingerprint density at radius 3 is 2.40 bits per heavy atom. The molecule has 0 saturated heterocycles. The molecule has 1 aromatic heterocycles. The van der Waals surface area contributed by atoms with E-state index in [0.29, 0.717) is 22.1 Å². The number of methoxy groups -OCH3 is 1. The van der Waals surface area contributed by atoms with Crippen LogP contribution in [0.5, 0.6) is 5.75 Å². The first kappa shape index (κ1) is 22.1. The predicted molar refractivity (Wildman–Crippen MR) is 119 cm³/mol. The Bertz CT molecular complexity index is 1110.